The maximum atomic E-state index is 11.1. The van der Waals surface area contributed by atoms with Crippen LogP contribution in [0.3, 0.4) is 0 Å². The molecule has 17 heavy (non-hydrogen) atoms. The third kappa shape index (κ3) is 3.41. The molecule has 0 fully saturated rings. The minimum atomic E-state index is -0.249. The molecule has 0 bridgehead atoms. The van der Waals surface area contributed by atoms with Gasteiger partial charge in [0.2, 0.25) is 0 Å². The Balaban J connectivity index is 1.80. The highest BCUT2D eigenvalue weighted by molar-refractivity contribution is 7.10. The minimum Gasteiger partial charge on any atom is -0.463 e. The topological polar surface area (TPSA) is 29.5 Å². The fraction of sp³-hybridized carbons (Fsp3) is 0.462. The molecule has 3 nitrogen and oxygen atoms in total. The average molecular weight is 251 g/mol. The van der Waals surface area contributed by atoms with Crippen molar-refractivity contribution in [1.82, 2.24) is 4.90 Å². The number of esters is 1. The van der Waals surface area contributed by atoms with Crippen molar-refractivity contribution >= 4 is 17.3 Å². The maximum absolute atomic E-state index is 11.1. The summed E-state index contributed by atoms with van der Waals surface area (Å²) in [6.07, 6.45) is 4.53. The molecule has 1 aromatic heterocycles. The molecule has 2 rings (SSSR count). The molecule has 1 aromatic rings. The fourth-order valence-electron chi connectivity index (χ4n) is 1.95. The molecule has 4 heteroatoms. The van der Waals surface area contributed by atoms with Gasteiger partial charge in [-0.25, -0.2) is 4.79 Å². The van der Waals surface area contributed by atoms with Crippen LogP contribution in [-0.4, -0.2) is 30.6 Å². The lowest BCUT2D eigenvalue weighted by molar-refractivity contribution is -0.137. The number of ether oxygens (including phenoxy) is 1. The normalized spacial score (nSPS) is 16.1. The number of hydrogen-bond donors (Lipinski definition) is 0. The van der Waals surface area contributed by atoms with E-state index >= 15 is 0 Å². The summed E-state index contributed by atoms with van der Waals surface area (Å²) in [7, 11) is 0. The maximum Gasteiger partial charge on any atom is 0.330 e. The Kier molecular flexibility index (Phi) is 4.34. The van der Waals surface area contributed by atoms with Crippen LogP contribution in [0, 0.1) is 0 Å². The molecule has 0 atom stereocenters. The first-order valence-electron chi connectivity index (χ1n) is 5.90. The quantitative estimate of drug-likeness (QED) is 0.607. The second-order valence-electron chi connectivity index (χ2n) is 4.01. The standard InChI is InChI=1S/C13H17NO2S/c1-2-16-13(15)4-3-7-14-8-5-12-11(10-14)6-9-17-12/h3-4,6,9H,2,5,7-8,10H2,1H3/b4-3+. The van der Waals surface area contributed by atoms with E-state index in [1.807, 2.05) is 24.3 Å². The Labute approximate surface area is 106 Å². The highest BCUT2D eigenvalue weighted by atomic mass is 32.1. The molecule has 0 saturated carbocycles. The zero-order valence-corrected chi connectivity index (χ0v) is 10.8. The summed E-state index contributed by atoms with van der Waals surface area (Å²) in [5.41, 5.74) is 1.44. The van der Waals surface area contributed by atoms with Crippen LogP contribution in [-0.2, 0) is 22.5 Å². The van der Waals surface area contributed by atoms with Gasteiger partial charge in [0.05, 0.1) is 6.61 Å². The van der Waals surface area contributed by atoms with Crippen molar-refractivity contribution < 1.29 is 9.53 Å². The number of carbonyl (C=O) groups is 1. The van der Waals surface area contributed by atoms with Crippen LogP contribution in [0.15, 0.2) is 23.6 Å². The van der Waals surface area contributed by atoms with Crippen molar-refractivity contribution in [2.24, 2.45) is 0 Å². The van der Waals surface area contributed by atoms with Crippen molar-refractivity contribution in [2.45, 2.75) is 19.9 Å². The summed E-state index contributed by atoms with van der Waals surface area (Å²) in [5.74, 6) is -0.249. The van der Waals surface area contributed by atoms with E-state index in [2.05, 4.69) is 16.3 Å². The third-order valence-electron chi connectivity index (χ3n) is 2.79. The van der Waals surface area contributed by atoms with E-state index in [0.29, 0.717) is 6.61 Å². The summed E-state index contributed by atoms with van der Waals surface area (Å²) in [6, 6.07) is 2.20. The largest absolute Gasteiger partial charge is 0.463 e. The molecule has 0 saturated heterocycles. The second-order valence-corrected chi connectivity index (χ2v) is 5.01. The first-order chi connectivity index (χ1) is 8.29. The Morgan fingerprint density at radius 2 is 2.53 bits per heavy atom. The molecule has 0 spiro atoms. The Morgan fingerprint density at radius 1 is 1.65 bits per heavy atom. The Hall–Kier alpha value is -1.13. The predicted octanol–water partition coefficient (Wildman–Crippen LogP) is 2.23. The van der Waals surface area contributed by atoms with Gasteiger partial charge in [0.15, 0.2) is 0 Å². The van der Waals surface area contributed by atoms with Gasteiger partial charge in [0.1, 0.15) is 0 Å². The molecule has 2 heterocycles. The van der Waals surface area contributed by atoms with Crippen LogP contribution in [0.5, 0.6) is 0 Å². The van der Waals surface area contributed by atoms with Gasteiger partial charge in [-0.15, -0.1) is 11.3 Å². The van der Waals surface area contributed by atoms with Gasteiger partial charge in [-0.1, -0.05) is 6.08 Å². The van der Waals surface area contributed by atoms with Gasteiger partial charge in [0.25, 0.3) is 0 Å². The molecule has 92 valence electrons. The van der Waals surface area contributed by atoms with E-state index in [1.165, 1.54) is 16.5 Å². The number of hydrogen-bond acceptors (Lipinski definition) is 4. The minimum absolute atomic E-state index is 0.249. The molecule has 0 radical (unpaired) electrons. The highest BCUT2D eigenvalue weighted by Gasteiger charge is 2.15. The molecule has 0 aromatic carbocycles. The van der Waals surface area contributed by atoms with Crippen LogP contribution >= 0.6 is 11.3 Å². The first kappa shape index (κ1) is 12.3. The molecule has 0 aliphatic carbocycles. The van der Waals surface area contributed by atoms with Crippen LogP contribution in [0.25, 0.3) is 0 Å². The van der Waals surface area contributed by atoms with E-state index in [-0.39, 0.29) is 5.97 Å². The second kappa shape index (κ2) is 5.98. The first-order valence-corrected chi connectivity index (χ1v) is 6.78. The monoisotopic (exact) mass is 251 g/mol. The van der Waals surface area contributed by atoms with Crippen molar-refractivity contribution in [3.63, 3.8) is 0 Å². The molecular weight excluding hydrogens is 234 g/mol. The van der Waals surface area contributed by atoms with Gasteiger partial charge >= 0.3 is 5.97 Å². The van der Waals surface area contributed by atoms with Crippen LogP contribution < -0.4 is 0 Å². The van der Waals surface area contributed by atoms with Crippen LogP contribution in [0.1, 0.15) is 17.4 Å². The number of rotatable bonds is 4. The van der Waals surface area contributed by atoms with E-state index in [9.17, 15) is 4.79 Å². The predicted molar refractivity (Wildman–Crippen MR) is 69.1 cm³/mol. The van der Waals surface area contributed by atoms with Gasteiger partial charge < -0.3 is 4.74 Å². The average Bonchev–Trinajstić information content (AvgIpc) is 2.76. The molecule has 0 N–H and O–H groups in total. The van der Waals surface area contributed by atoms with E-state index < -0.39 is 0 Å². The zero-order valence-electron chi connectivity index (χ0n) is 10.0. The van der Waals surface area contributed by atoms with E-state index in [1.54, 1.807) is 0 Å². The molecular formula is C13H17NO2S. The number of thiophene rings is 1. The number of carbonyl (C=O) groups excluding carboxylic acids is 1. The van der Waals surface area contributed by atoms with E-state index in [4.69, 9.17) is 4.74 Å². The van der Waals surface area contributed by atoms with Crippen LogP contribution in [0.4, 0.5) is 0 Å². The van der Waals surface area contributed by atoms with Crippen molar-refractivity contribution in [3.05, 3.63) is 34.0 Å². The van der Waals surface area contributed by atoms with Crippen molar-refractivity contribution in [1.29, 1.82) is 0 Å². The molecule has 1 aliphatic heterocycles. The number of fused-ring (bicyclic) bond motifs is 1. The summed E-state index contributed by atoms with van der Waals surface area (Å²) < 4.78 is 4.83. The summed E-state index contributed by atoms with van der Waals surface area (Å²) >= 11 is 1.84. The Morgan fingerprint density at radius 3 is 3.35 bits per heavy atom. The lowest BCUT2D eigenvalue weighted by Gasteiger charge is -2.25. The van der Waals surface area contributed by atoms with Crippen molar-refractivity contribution in [2.75, 3.05) is 19.7 Å². The van der Waals surface area contributed by atoms with Crippen molar-refractivity contribution in [3.8, 4) is 0 Å². The SMILES string of the molecule is CCOC(=O)/C=C/CN1CCc2sccc2C1. The summed E-state index contributed by atoms with van der Waals surface area (Å²) in [4.78, 5) is 15.0. The molecule has 0 unspecified atom stereocenters. The third-order valence-corrected chi connectivity index (χ3v) is 3.81. The number of nitrogens with zero attached hydrogens (tertiary/aromatic N) is 1. The molecule has 1 aliphatic rings. The summed E-state index contributed by atoms with van der Waals surface area (Å²) in [6.45, 7) is 5.13. The lowest BCUT2D eigenvalue weighted by atomic mass is 10.1. The smallest absolute Gasteiger partial charge is 0.330 e. The lowest BCUT2D eigenvalue weighted by Crippen LogP contribution is -2.29. The zero-order chi connectivity index (χ0) is 12.1. The fourth-order valence-corrected chi connectivity index (χ4v) is 2.84. The van der Waals surface area contributed by atoms with Gasteiger partial charge in [-0.2, -0.15) is 0 Å². The van der Waals surface area contributed by atoms with Crippen LogP contribution in [0.2, 0.25) is 0 Å². The highest BCUT2D eigenvalue weighted by Crippen LogP contribution is 2.23. The van der Waals surface area contributed by atoms with Gasteiger partial charge in [0, 0.05) is 30.6 Å². The van der Waals surface area contributed by atoms with E-state index in [0.717, 1.165) is 26.1 Å². The molecule has 0 amide bonds. The summed E-state index contributed by atoms with van der Waals surface area (Å²) in [5, 5.41) is 2.16. The van der Waals surface area contributed by atoms with Gasteiger partial charge in [-0.05, 0) is 30.4 Å². The Bertz CT molecular complexity index is 411. The van der Waals surface area contributed by atoms with Gasteiger partial charge in [-0.3, -0.25) is 4.90 Å².